The van der Waals surface area contributed by atoms with Crippen molar-refractivity contribution >= 4 is 5.91 Å². The van der Waals surface area contributed by atoms with Gasteiger partial charge >= 0.3 is 0 Å². The number of likely N-dealkylation sites (tertiary alicyclic amines) is 1. The van der Waals surface area contributed by atoms with Gasteiger partial charge in [0.15, 0.2) is 0 Å². The van der Waals surface area contributed by atoms with Gasteiger partial charge < -0.3 is 15.0 Å². The first-order valence-corrected chi connectivity index (χ1v) is 7.89. The SMILES string of the molecule is CN1CCC[C@@H]1CNC(=O)c1ccccc1Oc1cccnc1. The molecule has 1 atom stereocenters. The van der Waals surface area contributed by atoms with E-state index < -0.39 is 0 Å². The summed E-state index contributed by atoms with van der Waals surface area (Å²) in [7, 11) is 2.10. The van der Waals surface area contributed by atoms with Gasteiger partial charge in [-0.25, -0.2) is 0 Å². The van der Waals surface area contributed by atoms with E-state index in [4.69, 9.17) is 4.74 Å². The largest absolute Gasteiger partial charge is 0.455 e. The number of nitrogens with zero attached hydrogens (tertiary/aromatic N) is 2. The molecule has 1 aliphatic heterocycles. The molecule has 0 spiro atoms. The first-order chi connectivity index (χ1) is 11.2. The summed E-state index contributed by atoms with van der Waals surface area (Å²) in [5, 5.41) is 3.02. The molecule has 1 aromatic carbocycles. The van der Waals surface area contributed by atoms with E-state index in [1.165, 1.54) is 6.42 Å². The molecule has 0 saturated carbocycles. The van der Waals surface area contributed by atoms with Gasteiger partial charge in [0.1, 0.15) is 11.5 Å². The van der Waals surface area contributed by atoms with Crippen LogP contribution in [-0.2, 0) is 0 Å². The molecule has 5 nitrogen and oxygen atoms in total. The third kappa shape index (κ3) is 3.87. The number of rotatable bonds is 5. The number of carbonyl (C=O) groups excluding carboxylic acids is 1. The number of para-hydroxylation sites is 1. The third-order valence-electron chi connectivity index (χ3n) is 4.16. The van der Waals surface area contributed by atoms with E-state index in [-0.39, 0.29) is 5.91 Å². The van der Waals surface area contributed by atoms with Crippen molar-refractivity contribution in [3.05, 3.63) is 54.4 Å². The zero-order chi connectivity index (χ0) is 16.1. The summed E-state index contributed by atoms with van der Waals surface area (Å²) in [6.07, 6.45) is 5.63. The summed E-state index contributed by atoms with van der Waals surface area (Å²) >= 11 is 0. The van der Waals surface area contributed by atoms with Gasteiger partial charge in [0.2, 0.25) is 0 Å². The summed E-state index contributed by atoms with van der Waals surface area (Å²) in [6, 6.07) is 11.3. The zero-order valence-corrected chi connectivity index (χ0v) is 13.2. The highest BCUT2D eigenvalue weighted by Gasteiger charge is 2.22. The molecule has 0 unspecified atom stereocenters. The third-order valence-corrected chi connectivity index (χ3v) is 4.16. The topological polar surface area (TPSA) is 54.5 Å². The minimum absolute atomic E-state index is 0.107. The number of nitrogens with one attached hydrogen (secondary N) is 1. The maximum absolute atomic E-state index is 12.5. The Balaban J connectivity index is 1.68. The maximum atomic E-state index is 12.5. The fourth-order valence-electron chi connectivity index (χ4n) is 2.82. The van der Waals surface area contributed by atoms with Crippen LogP contribution in [0.15, 0.2) is 48.8 Å². The van der Waals surface area contributed by atoms with Crippen molar-refractivity contribution in [2.45, 2.75) is 18.9 Å². The van der Waals surface area contributed by atoms with E-state index in [1.54, 1.807) is 30.6 Å². The second-order valence-corrected chi connectivity index (χ2v) is 5.77. The molecule has 120 valence electrons. The molecule has 0 aliphatic carbocycles. The normalized spacial score (nSPS) is 17.9. The molecule has 5 heteroatoms. The highest BCUT2D eigenvalue weighted by atomic mass is 16.5. The van der Waals surface area contributed by atoms with Crippen molar-refractivity contribution in [2.24, 2.45) is 0 Å². The van der Waals surface area contributed by atoms with E-state index in [9.17, 15) is 4.79 Å². The first-order valence-electron chi connectivity index (χ1n) is 7.89. The van der Waals surface area contributed by atoms with Crippen molar-refractivity contribution < 1.29 is 9.53 Å². The van der Waals surface area contributed by atoms with Gasteiger partial charge in [0, 0.05) is 18.8 Å². The van der Waals surface area contributed by atoms with E-state index >= 15 is 0 Å². The van der Waals surface area contributed by atoms with Crippen LogP contribution in [0.1, 0.15) is 23.2 Å². The zero-order valence-electron chi connectivity index (χ0n) is 13.2. The van der Waals surface area contributed by atoms with Gasteiger partial charge in [-0.2, -0.15) is 0 Å². The molecule has 1 fully saturated rings. The highest BCUT2D eigenvalue weighted by molar-refractivity contribution is 5.97. The lowest BCUT2D eigenvalue weighted by molar-refractivity contribution is 0.0941. The lowest BCUT2D eigenvalue weighted by atomic mass is 10.1. The molecule has 0 bridgehead atoms. The monoisotopic (exact) mass is 311 g/mol. The number of ether oxygens (including phenoxy) is 1. The van der Waals surface area contributed by atoms with Crippen molar-refractivity contribution in [3.8, 4) is 11.5 Å². The van der Waals surface area contributed by atoms with Crippen LogP contribution in [0.25, 0.3) is 0 Å². The molecule has 2 aromatic rings. The Bertz CT molecular complexity index is 660. The summed E-state index contributed by atoms with van der Waals surface area (Å²) < 4.78 is 5.79. The van der Waals surface area contributed by atoms with E-state index in [0.717, 1.165) is 13.0 Å². The van der Waals surface area contributed by atoms with E-state index in [1.807, 2.05) is 18.2 Å². The number of aromatic nitrogens is 1. The summed E-state index contributed by atoms with van der Waals surface area (Å²) in [6.45, 7) is 1.76. The van der Waals surface area contributed by atoms with Gasteiger partial charge in [0.05, 0.1) is 11.8 Å². The van der Waals surface area contributed by atoms with Crippen LogP contribution in [0.2, 0.25) is 0 Å². The molecule has 1 aromatic heterocycles. The smallest absolute Gasteiger partial charge is 0.255 e. The van der Waals surface area contributed by atoms with Crippen LogP contribution < -0.4 is 10.1 Å². The minimum Gasteiger partial charge on any atom is -0.455 e. The predicted molar refractivity (Wildman–Crippen MR) is 88.7 cm³/mol. The molecule has 1 N–H and O–H groups in total. The standard InChI is InChI=1S/C18H21N3O2/c1-21-11-5-6-14(21)12-20-18(22)16-8-2-3-9-17(16)23-15-7-4-10-19-13-15/h2-4,7-10,13-14H,5-6,11-12H2,1H3,(H,20,22)/t14-/m1/s1. The molecule has 23 heavy (non-hydrogen) atoms. The van der Waals surface area contributed by atoms with E-state index in [2.05, 4.69) is 22.2 Å². The Morgan fingerprint density at radius 3 is 2.96 bits per heavy atom. The number of hydrogen-bond acceptors (Lipinski definition) is 4. The molecule has 1 amide bonds. The predicted octanol–water partition coefficient (Wildman–Crippen LogP) is 2.70. The van der Waals surface area contributed by atoms with Gasteiger partial charge in [-0.15, -0.1) is 0 Å². The Labute approximate surface area is 136 Å². The molecule has 1 aliphatic rings. The maximum Gasteiger partial charge on any atom is 0.255 e. The van der Waals surface area contributed by atoms with E-state index in [0.29, 0.717) is 29.6 Å². The fourth-order valence-corrected chi connectivity index (χ4v) is 2.82. The number of likely N-dealkylation sites (N-methyl/N-ethyl adjacent to an activating group) is 1. The second-order valence-electron chi connectivity index (χ2n) is 5.77. The number of benzene rings is 1. The lowest BCUT2D eigenvalue weighted by Crippen LogP contribution is -2.38. The Hall–Kier alpha value is -2.40. The number of pyridine rings is 1. The van der Waals surface area contributed by atoms with Gasteiger partial charge in [-0.1, -0.05) is 12.1 Å². The van der Waals surface area contributed by atoms with Crippen molar-refractivity contribution in [1.29, 1.82) is 0 Å². The van der Waals surface area contributed by atoms with Gasteiger partial charge in [-0.05, 0) is 50.7 Å². The lowest BCUT2D eigenvalue weighted by Gasteiger charge is -2.20. The average Bonchev–Trinajstić information content (AvgIpc) is 2.99. The van der Waals surface area contributed by atoms with Crippen LogP contribution in [0.3, 0.4) is 0 Å². The molecule has 2 heterocycles. The first kappa shape index (κ1) is 15.5. The summed E-state index contributed by atoms with van der Waals surface area (Å²) in [5.41, 5.74) is 0.539. The fraction of sp³-hybridized carbons (Fsp3) is 0.333. The van der Waals surface area contributed by atoms with Crippen LogP contribution in [0, 0.1) is 0 Å². The van der Waals surface area contributed by atoms with Crippen LogP contribution in [-0.4, -0.2) is 42.0 Å². The summed E-state index contributed by atoms with van der Waals surface area (Å²) in [5.74, 6) is 1.05. The highest BCUT2D eigenvalue weighted by Crippen LogP contribution is 2.24. The minimum atomic E-state index is -0.107. The Morgan fingerprint density at radius 1 is 1.35 bits per heavy atom. The number of hydrogen-bond donors (Lipinski definition) is 1. The Morgan fingerprint density at radius 2 is 2.22 bits per heavy atom. The van der Waals surface area contributed by atoms with Crippen molar-refractivity contribution in [2.75, 3.05) is 20.1 Å². The summed E-state index contributed by atoms with van der Waals surface area (Å²) in [4.78, 5) is 18.8. The van der Waals surface area contributed by atoms with Gasteiger partial charge in [-0.3, -0.25) is 9.78 Å². The Kier molecular flexibility index (Phi) is 4.88. The van der Waals surface area contributed by atoms with Crippen molar-refractivity contribution in [3.63, 3.8) is 0 Å². The molecule has 0 radical (unpaired) electrons. The molecular formula is C18H21N3O2. The van der Waals surface area contributed by atoms with Crippen LogP contribution in [0.4, 0.5) is 0 Å². The number of amides is 1. The van der Waals surface area contributed by atoms with Crippen LogP contribution >= 0.6 is 0 Å². The average molecular weight is 311 g/mol. The van der Waals surface area contributed by atoms with Crippen LogP contribution in [0.5, 0.6) is 11.5 Å². The molecular weight excluding hydrogens is 290 g/mol. The van der Waals surface area contributed by atoms with Gasteiger partial charge in [0.25, 0.3) is 5.91 Å². The molecule has 3 rings (SSSR count). The molecule has 1 saturated heterocycles. The quantitative estimate of drug-likeness (QED) is 0.922. The van der Waals surface area contributed by atoms with Crippen molar-refractivity contribution in [1.82, 2.24) is 15.2 Å². The second kappa shape index (κ2) is 7.24. The number of carbonyl (C=O) groups is 1.